The molecule has 1 aliphatic rings. The monoisotopic (exact) mass is 254 g/mol. The molecule has 1 aliphatic heterocycles. The van der Waals surface area contributed by atoms with Crippen molar-refractivity contribution in [3.63, 3.8) is 0 Å². The Kier molecular flexibility index (Phi) is 5.44. The first kappa shape index (κ1) is 14.5. The van der Waals surface area contributed by atoms with Gasteiger partial charge in [0.05, 0.1) is 0 Å². The van der Waals surface area contributed by atoms with Gasteiger partial charge in [-0.1, -0.05) is 23.8 Å². The molecule has 1 fully saturated rings. The summed E-state index contributed by atoms with van der Waals surface area (Å²) in [7, 11) is 0. The maximum atomic E-state index is 5.72. The van der Waals surface area contributed by atoms with Crippen molar-refractivity contribution in [1.29, 1.82) is 0 Å². The lowest BCUT2D eigenvalue weighted by atomic mass is 10.1. The van der Waals surface area contributed by atoms with Gasteiger partial charge in [0.1, 0.15) is 0 Å². The third-order valence-electron chi connectivity index (χ3n) is 3.60. The summed E-state index contributed by atoms with van der Waals surface area (Å²) in [4.78, 5) is 2.53. The van der Waals surface area contributed by atoms with Crippen molar-refractivity contribution >= 4 is 12.4 Å². The smallest absolute Gasteiger partial charge is 0.0236 e. The molecular formula is C14H23ClN2. The van der Waals surface area contributed by atoms with Gasteiger partial charge in [0.15, 0.2) is 0 Å². The summed E-state index contributed by atoms with van der Waals surface area (Å²) < 4.78 is 0. The average molecular weight is 255 g/mol. The first-order valence-corrected chi connectivity index (χ1v) is 6.17. The van der Waals surface area contributed by atoms with Crippen molar-refractivity contribution in [2.75, 3.05) is 19.6 Å². The lowest BCUT2D eigenvalue weighted by Gasteiger charge is -2.17. The Labute approximate surface area is 111 Å². The standard InChI is InChI=1S/C14H22N2.ClH/c1-11-3-4-12(2)14(7-11)10-16-6-5-13(8-15)9-16;/h3-4,7,13H,5-6,8-10,15H2,1-2H3;1H. The zero-order valence-electron chi connectivity index (χ0n) is 10.8. The zero-order chi connectivity index (χ0) is 11.5. The van der Waals surface area contributed by atoms with Gasteiger partial charge in [-0.3, -0.25) is 4.90 Å². The van der Waals surface area contributed by atoms with Crippen molar-refractivity contribution in [3.05, 3.63) is 34.9 Å². The molecule has 2 N–H and O–H groups in total. The summed E-state index contributed by atoms with van der Waals surface area (Å²) in [5.74, 6) is 0.713. The van der Waals surface area contributed by atoms with Crippen LogP contribution in [0, 0.1) is 19.8 Å². The molecule has 0 radical (unpaired) electrons. The fourth-order valence-electron chi connectivity index (χ4n) is 2.46. The van der Waals surface area contributed by atoms with Crippen molar-refractivity contribution in [2.45, 2.75) is 26.8 Å². The Morgan fingerprint density at radius 2 is 2.12 bits per heavy atom. The molecule has 96 valence electrons. The molecule has 0 spiro atoms. The minimum atomic E-state index is 0. The maximum absolute atomic E-state index is 5.72. The van der Waals surface area contributed by atoms with E-state index in [0.717, 1.165) is 13.1 Å². The average Bonchev–Trinajstić information content (AvgIpc) is 2.71. The van der Waals surface area contributed by atoms with Gasteiger partial charge >= 0.3 is 0 Å². The highest BCUT2D eigenvalue weighted by Crippen LogP contribution is 2.19. The SMILES string of the molecule is Cc1ccc(C)c(CN2CCC(CN)C2)c1.Cl. The molecule has 3 heteroatoms. The molecule has 1 heterocycles. The topological polar surface area (TPSA) is 29.3 Å². The van der Waals surface area contributed by atoms with Crippen LogP contribution in [0.15, 0.2) is 18.2 Å². The van der Waals surface area contributed by atoms with E-state index in [1.54, 1.807) is 0 Å². The number of hydrogen-bond donors (Lipinski definition) is 1. The summed E-state index contributed by atoms with van der Waals surface area (Å²) in [5, 5.41) is 0. The van der Waals surface area contributed by atoms with Crippen LogP contribution in [0.25, 0.3) is 0 Å². The number of nitrogens with zero attached hydrogens (tertiary/aromatic N) is 1. The molecule has 2 rings (SSSR count). The van der Waals surface area contributed by atoms with Crippen LogP contribution in [0.4, 0.5) is 0 Å². The normalized spacial score (nSPS) is 20.3. The van der Waals surface area contributed by atoms with Gasteiger partial charge in [-0.25, -0.2) is 0 Å². The van der Waals surface area contributed by atoms with E-state index in [4.69, 9.17) is 5.73 Å². The number of aryl methyl sites for hydroxylation is 2. The van der Waals surface area contributed by atoms with Crippen molar-refractivity contribution in [3.8, 4) is 0 Å². The zero-order valence-corrected chi connectivity index (χ0v) is 11.6. The Hall–Kier alpha value is -0.570. The molecule has 0 saturated carbocycles. The molecule has 17 heavy (non-hydrogen) atoms. The van der Waals surface area contributed by atoms with E-state index in [1.807, 2.05) is 0 Å². The van der Waals surface area contributed by atoms with Crippen molar-refractivity contribution in [1.82, 2.24) is 4.90 Å². The molecule has 1 saturated heterocycles. The molecule has 2 nitrogen and oxygen atoms in total. The Balaban J connectivity index is 0.00000144. The Bertz CT molecular complexity index is 365. The Morgan fingerprint density at radius 3 is 2.76 bits per heavy atom. The molecule has 0 amide bonds. The summed E-state index contributed by atoms with van der Waals surface area (Å²) in [6.07, 6.45) is 1.27. The van der Waals surface area contributed by atoms with Crippen LogP contribution < -0.4 is 5.73 Å². The van der Waals surface area contributed by atoms with E-state index in [0.29, 0.717) is 5.92 Å². The van der Waals surface area contributed by atoms with Crippen LogP contribution in [0.2, 0.25) is 0 Å². The molecule has 1 unspecified atom stereocenters. The number of likely N-dealkylation sites (tertiary alicyclic amines) is 1. The second-order valence-electron chi connectivity index (χ2n) is 5.06. The van der Waals surface area contributed by atoms with Gasteiger partial charge in [-0.2, -0.15) is 0 Å². The highest BCUT2D eigenvalue weighted by molar-refractivity contribution is 5.85. The number of benzene rings is 1. The van der Waals surface area contributed by atoms with Crippen LogP contribution in [-0.2, 0) is 6.54 Å². The van der Waals surface area contributed by atoms with Crippen molar-refractivity contribution in [2.24, 2.45) is 11.7 Å². The molecule has 1 aromatic carbocycles. The number of hydrogen-bond acceptors (Lipinski definition) is 2. The lowest BCUT2D eigenvalue weighted by molar-refractivity contribution is 0.317. The van der Waals surface area contributed by atoms with E-state index in [-0.39, 0.29) is 12.4 Å². The first-order chi connectivity index (χ1) is 7.69. The van der Waals surface area contributed by atoms with E-state index in [2.05, 4.69) is 36.9 Å². The number of rotatable bonds is 3. The van der Waals surface area contributed by atoms with Gasteiger partial charge in [0.2, 0.25) is 0 Å². The van der Waals surface area contributed by atoms with Crippen LogP contribution in [0.1, 0.15) is 23.1 Å². The largest absolute Gasteiger partial charge is 0.330 e. The Morgan fingerprint density at radius 1 is 1.35 bits per heavy atom. The fourth-order valence-corrected chi connectivity index (χ4v) is 2.46. The lowest BCUT2D eigenvalue weighted by Crippen LogP contribution is -2.23. The molecule has 0 bridgehead atoms. The van der Waals surface area contributed by atoms with Gasteiger partial charge < -0.3 is 5.73 Å². The summed E-state index contributed by atoms with van der Waals surface area (Å²) >= 11 is 0. The van der Waals surface area contributed by atoms with Crippen molar-refractivity contribution < 1.29 is 0 Å². The highest BCUT2D eigenvalue weighted by Gasteiger charge is 2.21. The second kappa shape index (κ2) is 6.39. The molecular weight excluding hydrogens is 232 g/mol. The molecule has 0 aromatic heterocycles. The molecule has 1 aromatic rings. The summed E-state index contributed by atoms with van der Waals surface area (Å²) in [6, 6.07) is 6.72. The second-order valence-corrected chi connectivity index (χ2v) is 5.06. The number of nitrogens with two attached hydrogens (primary N) is 1. The van der Waals surface area contributed by atoms with E-state index < -0.39 is 0 Å². The molecule has 0 aliphatic carbocycles. The quantitative estimate of drug-likeness (QED) is 0.898. The molecule has 1 atom stereocenters. The van der Waals surface area contributed by atoms with Crippen LogP contribution in [0.5, 0.6) is 0 Å². The third kappa shape index (κ3) is 3.70. The van der Waals surface area contributed by atoms with Crippen LogP contribution in [-0.4, -0.2) is 24.5 Å². The number of halogens is 1. The predicted octanol–water partition coefficient (Wildman–Crippen LogP) is 2.51. The van der Waals surface area contributed by atoms with Crippen LogP contribution in [0.3, 0.4) is 0 Å². The summed E-state index contributed by atoms with van der Waals surface area (Å²) in [6.45, 7) is 8.66. The first-order valence-electron chi connectivity index (χ1n) is 6.17. The minimum absolute atomic E-state index is 0. The third-order valence-corrected chi connectivity index (χ3v) is 3.60. The maximum Gasteiger partial charge on any atom is 0.0236 e. The van der Waals surface area contributed by atoms with E-state index >= 15 is 0 Å². The van der Waals surface area contributed by atoms with Crippen LogP contribution >= 0.6 is 12.4 Å². The minimum Gasteiger partial charge on any atom is -0.330 e. The summed E-state index contributed by atoms with van der Waals surface area (Å²) in [5.41, 5.74) is 9.95. The van der Waals surface area contributed by atoms with E-state index in [1.165, 1.54) is 36.2 Å². The fraction of sp³-hybridized carbons (Fsp3) is 0.571. The predicted molar refractivity (Wildman–Crippen MR) is 75.6 cm³/mol. The van der Waals surface area contributed by atoms with Gasteiger partial charge in [-0.05, 0) is 50.4 Å². The highest BCUT2D eigenvalue weighted by atomic mass is 35.5. The van der Waals surface area contributed by atoms with E-state index in [9.17, 15) is 0 Å². The van der Waals surface area contributed by atoms with Gasteiger partial charge in [0, 0.05) is 13.1 Å². The van der Waals surface area contributed by atoms with Gasteiger partial charge in [0.25, 0.3) is 0 Å². The van der Waals surface area contributed by atoms with Gasteiger partial charge in [-0.15, -0.1) is 12.4 Å².